The molecular weight excluding hydrogens is 276 g/mol. The third-order valence-corrected chi connectivity index (χ3v) is 4.29. The number of rotatable bonds is 4. The van der Waals surface area contributed by atoms with Gasteiger partial charge < -0.3 is 14.8 Å². The molecule has 2 atom stereocenters. The number of ether oxygens (including phenoxy) is 2. The Morgan fingerprint density at radius 1 is 1.40 bits per heavy atom. The van der Waals surface area contributed by atoms with E-state index in [4.69, 9.17) is 9.47 Å². The topological polar surface area (TPSA) is 59.6 Å². The third kappa shape index (κ3) is 3.45. The number of hydrogen-bond acceptors (Lipinski definition) is 5. The number of carbonyl (C=O) groups is 1. The molecule has 2 fully saturated rings. The molecular formula is C14H18N2O3S. The van der Waals surface area contributed by atoms with Gasteiger partial charge in [-0.05, 0) is 24.3 Å². The molecule has 2 N–H and O–H groups in total. The van der Waals surface area contributed by atoms with Crippen LogP contribution in [0.25, 0.3) is 0 Å². The molecule has 2 aliphatic heterocycles. The third-order valence-electron chi connectivity index (χ3n) is 3.35. The van der Waals surface area contributed by atoms with Crippen LogP contribution in [0.15, 0.2) is 24.3 Å². The minimum Gasteiger partial charge on any atom is -0.488 e. The van der Waals surface area contributed by atoms with E-state index in [-0.39, 0.29) is 18.1 Å². The minimum atomic E-state index is -0.0911. The Morgan fingerprint density at radius 3 is 2.90 bits per heavy atom. The smallest absolute Gasteiger partial charge is 0.242 e. The standard InChI is InChI=1S/C14H18N2O3S/c17-14(13-8-20-9-15-13)16-10-1-3-11(4-2-10)19-12-5-6-18-7-12/h1-4,12-13,15H,5-9H2,(H,16,17). The zero-order valence-electron chi connectivity index (χ0n) is 11.1. The van der Waals surface area contributed by atoms with Gasteiger partial charge in [-0.25, -0.2) is 0 Å². The van der Waals surface area contributed by atoms with Crippen LogP contribution in [-0.4, -0.2) is 42.9 Å². The maximum Gasteiger partial charge on any atom is 0.242 e. The molecule has 3 rings (SSSR count). The predicted molar refractivity (Wildman–Crippen MR) is 79.2 cm³/mol. The molecule has 1 amide bonds. The van der Waals surface area contributed by atoms with Crippen molar-refractivity contribution in [3.8, 4) is 5.75 Å². The Kier molecular flexibility index (Phi) is 4.44. The lowest BCUT2D eigenvalue weighted by Crippen LogP contribution is -2.37. The Labute approximate surface area is 122 Å². The maximum absolute atomic E-state index is 11.9. The molecule has 1 aromatic rings. The van der Waals surface area contributed by atoms with Crippen molar-refractivity contribution in [1.82, 2.24) is 5.32 Å². The quantitative estimate of drug-likeness (QED) is 0.880. The number of nitrogens with one attached hydrogen (secondary N) is 2. The van der Waals surface area contributed by atoms with Crippen molar-refractivity contribution in [2.45, 2.75) is 18.6 Å². The molecule has 0 radical (unpaired) electrons. The van der Waals surface area contributed by atoms with Gasteiger partial charge in [0.25, 0.3) is 0 Å². The number of thioether (sulfide) groups is 1. The Bertz CT molecular complexity index is 454. The molecule has 0 saturated carbocycles. The molecule has 2 unspecified atom stereocenters. The normalized spacial score (nSPS) is 25.6. The molecule has 2 aliphatic rings. The van der Waals surface area contributed by atoms with E-state index in [2.05, 4.69) is 10.6 Å². The fraction of sp³-hybridized carbons (Fsp3) is 0.500. The molecule has 0 aromatic heterocycles. The molecule has 2 heterocycles. The van der Waals surface area contributed by atoms with E-state index in [1.807, 2.05) is 24.3 Å². The van der Waals surface area contributed by atoms with Gasteiger partial charge in [-0.2, -0.15) is 0 Å². The van der Waals surface area contributed by atoms with Crippen LogP contribution in [-0.2, 0) is 9.53 Å². The monoisotopic (exact) mass is 294 g/mol. The van der Waals surface area contributed by atoms with Crippen LogP contribution in [0.1, 0.15) is 6.42 Å². The highest BCUT2D eigenvalue weighted by molar-refractivity contribution is 7.99. The van der Waals surface area contributed by atoms with Crippen molar-refractivity contribution in [3.05, 3.63) is 24.3 Å². The van der Waals surface area contributed by atoms with Gasteiger partial charge >= 0.3 is 0 Å². The van der Waals surface area contributed by atoms with Gasteiger partial charge in [-0.3, -0.25) is 10.1 Å². The number of amides is 1. The zero-order valence-corrected chi connectivity index (χ0v) is 11.9. The fourth-order valence-electron chi connectivity index (χ4n) is 2.21. The summed E-state index contributed by atoms with van der Waals surface area (Å²) in [6, 6.07) is 7.40. The Hall–Kier alpha value is -1.24. The fourth-order valence-corrected chi connectivity index (χ4v) is 3.15. The first-order valence-electron chi connectivity index (χ1n) is 6.78. The summed E-state index contributed by atoms with van der Waals surface area (Å²) in [4.78, 5) is 11.9. The van der Waals surface area contributed by atoms with E-state index in [0.717, 1.165) is 36.1 Å². The molecule has 6 heteroatoms. The molecule has 1 aromatic carbocycles. The summed E-state index contributed by atoms with van der Waals surface area (Å²) in [5, 5.41) is 6.06. The van der Waals surface area contributed by atoms with Gasteiger partial charge in [-0.1, -0.05) is 0 Å². The highest BCUT2D eigenvalue weighted by Crippen LogP contribution is 2.20. The van der Waals surface area contributed by atoms with Gasteiger partial charge in [0.05, 0.1) is 19.3 Å². The molecule has 2 saturated heterocycles. The van der Waals surface area contributed by atoms with Crippen LogP contribution < -0.4 is 15.4 Å². The highest BCUT2D eigenvalue weighted by Gasteiger charge is 2.22. The first-order valence-corrected chi connectivity index (χ1v) is 7.93. The van der Waals surface area contributed by atoms with Gasteiger partial charge in [0.2, 0.25) is 5.91 Å². The van der Waals surface area contributed by atoms with Crippen LogP contribution in [0.3, 0.4) is 0 Å². The first kappa shape index (κ1) is 13.7. The van der Waals surface area contributed by atoms with E-state index < -0.39 is 0 Å². The van der Waals surface area contributed by atoms with Crippen molar-refractivity contribution in [2.75, 3.05) is 30.2 Å². The number of carbonyl (C=O) groups excluding carboxylic acids is 1. The maximum atomic E-state index is 11.9. The lowest BCUT2D eigenvalue weighted by Gasteiger charge is -2.13. The molecule has 108 valence electrons. The summed E-state index contributed by atoms with van der Waals surface area (Å²) in [5.74, 6) is 2.50. The zero-order chi connectivity index (χ0) is 13.8. The van der Waals surface area contributed by atoms with Crippen LogP contribution in [0.2, 0.25) is 0 Å². The van der Waals surface area contributed by atoms with Gasteiger partial charge in [0, 0.05) is 23.7 Å². The number of anilines is 1. The second-order valence-corrected chi connectivity index (χ2v) is 5.92. The highest BCUT2D eigenvalue weighted by atomic mass is 32.2. The van der Waals surface area contributed by atoms with Gasteiger partial charge in [0.15, 0.2) is 0 Å². The first-order chi connectivity index (χ1) is 9.81. The van der Waals surface area contributed by atoms with E-state index >= 15 is 0 Å². The lowest BCUT2D eigenvalue weighted by atomic mass is 10.2. The number of hydrogen-bond donors (Lipinski definition) is 2. The molecule has 0 aliphatic carbocycles. The summed E-state index contributed by atoms with van der Waals surface area (Å²) in [6.07, 6.45) is 1.08. The Balaban J connectivity index is 1.53. The summed E-state index contributed by atoms with van der Waals surface area (Å²) in [6.45, 7) is 1.43. The largest absolute Gasteiger partial charge is 0.488 e. The molecule has 5 nitrogen and oxygen atoms in total. The van der Waals surface area contributed by atoms with Crippen LogP contribution >= 0.6 is 11.8 Å². The Morgan fingerprint density at radius 2 is 2.25 bits per heavy atom. The second-order valence-electron chi connectivity index (χ2n) is 4.89. The summed E-state index contributed by atoms with van der Waals surface area (Å²) in [5.41, 5.74) is 0.795. The summed E-state index contributed by atoms with van der Waals surface area (Å²) < 4.78 is 11.1. The number of benzene rings is 1. The van der Waals surface area contributed by atoms with Gasteiger partial charge in [0.1, 0.15) is 11.9 Å². The molecule has 0 bridgehead atoms. The van der Waals surface area contributed by atoms with Crippen molar-refractivity contribution < 1.29 is 14.3 Å². The second kappa shape index (κ2) is 6.47. The van der Waals surface area contributed by atoms with E-state index in [9.17, 15) is 4.79 Å². The van der Waals surface area contributed by atoms with E-state index in [1.165, 1.54) is 0 Å². The lowest BCUT2D eigenvalue weighted by molar-refractivity contribution is -0.117. The van der Waals surface area contributed by atoms with Crippen LogP contribution in [0.5, 0.6) is 5.75 Å². The van der Waals surface area contributed by atoms with Crippen molar-refractivity contribution >= 4 is 23.4 Å². The molecule has 0 spiro atoms. The van der Waals surface area contributed by atoms with E-state index in [1.54, 1.807) is 11.8 Å². The van der Waals surface area contributed by atoms with Crippen molar-refractivity contribution in [1.29, 1.82) is 0 Å². The van der Waals surface area contributed by atoms with Crippen molar-refractivity contribution in [3.63, 3.8) is 0 Å². The summed E-state index contributed by atoms with van der Waals surface area (Å²) in [7, 11) is 0. The average molecular weight is 294 g/mol. The average Bonchev–Trinajstić information content (AvgIpc) is 3.13. The van der Waals surface area contributed by atoms with Crippen molar-refractivity contribution in [2.24, 2.45) is 0 Å². The van der Waals surface area contributed by atoms with Crippen LogP contribution in [0, 0.1) is 0 Å². The SMILES string of the molecule is O=C(Nc1ccc(OC2CCOC2)cc1)C1CSCN1. The minimum absolute atomic E-state index is 0.0212. The molecule has 20 heavy (non-hydrogen) atoms. The van der Waals surface area contributed by atoms with Crippen LogP contribution in [0.4, 0.5) is 5.69 Å². The summed E-state index contributed by atoms with van der Waals surface area (Å²) >= 11 is 1.74. The van der Waals surface area contributed by atoms with E-state index in [0.29, 0.717) is 6.61 Å². The predicted octanol–water partition coefficient (Wildman–Crippen LogP) is 1.46. The van der Waals surface area contributed by atoms with Gasteiger partial charge in [-0.15, -0.1) is 11.8 Å².